The maximum absolute atomic E-state index is 11.6. The molecule has 0 saturated heterocycles. The van der Waals surface area contributed by atoms with Gasteiger partial charge in [0.2, 0.25) is 0 Å². The number of hydrogen-bond donors (Lipinski definition) is 1. The lowest BCUT2D eigenvalue weighted by Crippen LogP contribution is -2.43. The fraction of sp³-hybridized carbons (Fsp3) is 1.00. The molecule has 0 fully saturated rings. The van der Waals surface area contributed by atoms with Crippen molar-refractivity contribution in [3.05, 3.63) is 0 Å². The van der Waals surface area contributed by atoms with Crippen LogP contribution >= 0.6 is 0 Å². The Balaban J connectivity index is 4.48. The molecule has 0 aliphatic carbocycles. The maximum atomic E-state index is 11.6. The van der Waals surface area contributed by atoms with Crippen molar-refractivity contribution >= 4 is 9.84 Å². The van der Waals surface area contributed by atoms with E-state index in [-0.39, 0.29) is 17.2 Å². The summed E-state index contributed by atoms with van der Waals surface area (Å²) in [5.41, 5.74) is -0.0183. The van der Waals surface area contributed by atoms with E-state index in [9.17, 15) is 8.42 Å². The minimum absolute atomic E-state index is 0.0183. The molecular weight excluding hydrogens is 198 g/mol. The number of sulfone groups is 1. The van der Waals surface area contributed by atoms with E-state index in [4.69, 9.17) is 0 Å². The smallest absolute Gasteiger partial charge is 0.151 e. The largest absolute Gasteiger partial charge is 0.315 e. The fourth-order valence-corrected chi connectivity index (χ4v) is 3.38. The zero-order chi connectivity index (χ0) is 11.4. The van der Waals surface area contributed by atoms with Crippen LogP contribution in [0.5, 0.6) is 0 Å². The fourth-order valence-electron chi connectivity index (χ4n) is 1.41. The second-order valence-electron chi connectivity index (χ2n) is 4.82. The van der Waals surface area contributed by atoms with Crippen LogP contribution in [0.3, 0.4) is 0 Å². The van der Waals surface area contributed by atoms with Gasteiger partial charge in [0.05, 0.1) is 5.75 Å². The Morgan fingerprint density at radius 3 is 2.07 bits per heavy atom. The van der Waals surface area contributed by atoms with Gasteiger partial charge in [-0.2, -0.15) is 0 Å². The van der Waals surface area contributed by atoms with E-state index in [0.29, 0.717) is 12.2 Å². The van der Waals surface area contributed by atoms with E-state index in [0.717, 1.165) is 0 Å². The highest BCUT2D eigenvalue weighted by Gasteiger charge is 2.27. The third-order valence-corrected chi connectivity index (χ3v) is 4.20. The molecule has 1 N–H and O–H groups in total. The van der Waals surface area contributed by atoms with E-state index >= 15 is 0 Å². The van der Waals surface area contributed by atoms with Crippen LogP contribution < -0.4 is 5.32 Å². The van der Waals surface area contributed by atoms with Crippen molar-refractivity contribution in [2.45, 2.75) is 40.2 Å². The van der Waals surface area contributed by atoms with Crippen LogP contribution in [0.2, 0.25) is 0 Å². The van der Waals surface area contributed by atoms with Crippen molar-refractivity contribution in [1.29, 1.82) is 0 Å². The van der Waals surface area contributed by atoms with Gasteiger partial charge in [0.25, 0.3) is 0 Å². The molecule has 0 aromatic rings. The van der Waals surface area contributed by atoms with Gasteiger partial charge in [0.1, 0.15) is 0 Å². The molecule has 14 heavy (non-hydrogen) atoms. The molecule has 0 aromatic heterocycles. The number of hydrogen-bond acceptors (Lipinski definition) is 3. The molecule has 0 rings (SSSR count). The molecule has 0 amide bonds. The maximum Gasteiger partial charge on any atom is 0.151 e. The van der Waals surface area contributed by atoms with Gasteiger partial charge in [0, 0.05) is 11.8 Å². The summed E-state index contributed by atoms with van der Waals surface area (Å²) in [7, 11) is -1.07. The SMILES string of the molecule is CCCS(=O)(=O)CC(NC)C(C)(C)C. The van der Waals surface area contributed by atoms with E-state index in [2.05, 4.69) is 26.1 Å². The van der Waals surface area contributed by atoms with E-state index in [1.807, 2.05) is 14.0 Å². The molecular formula is C10H23NO2S. The molecule has 0 aromatic carbocycles. The van der Waals surface area contributed by atoms with Crippen LogP contribution in [0.4, 0.5) is 0 Å². The van der Waals surface area contributed by atoms with E-state index < -0.39 is 9.84 Å². The predicted molar refractivity (Wildman–Crippen MR) is 61.2 cm³/mol. The minimum atomic E-state index is -2.89. The minimum Gasteiger partial charge on any atom is -0.315 e. The number of nitrogens with one attached hydrogen (secondary N) is 1. The van der Waals surface area contributed by atoms with Gasteiger partial charge in [-0.3, -0.25) is 0 Å². The van der Waals surface area contributed by atoms with Gasteiger partial charge >= 0.3 is 0 Å². The standard InChI is InChI=1S/C10H23NO2S/c1-6-7-14(12,13)8-9(11-5)10(2,3)4/h9,11H,6-8H2,1-5H3. The van der Waals surface area contributed by atoms with Crippen LogP contribution in [-0.2, 0) is 9.84 Å². The second-order valence-corrected chi connectivity index (χ2v) is 7.05. The van der Waals surface area contributed by atoms with Gasteiger partial charge in [-0.25, -0.2) is 8.42 Å². The van der Waals surface area contributed by atoms with Crippen LogP contribution in [0.25, 0.3) is 0 Å². The highest BCUT2D eigenvalue weighted by Crippen LogP contribution is 2.20. The summed E-state index contributed by atoms with van der Waals surface area (Å²) < 4.78 is 23.2. The molecule has 1 atom stereocenters. The van der Waals surface area contributed by atoms with Crippen LogP contribution in [0, 0.1) is 5.41 Å². The van der Waals surface area contributed by atoms with Crippen LogP contribution in [0.15, 0.2) is 0 Å². The van der Waals surface area contributed by atoms with Crippen molar-refractivity contribution in [2.24, 2.45) is 5.41 Å². The predicted octanol–water partition coefficient (Wildman–Crippen LogP) is 1.45. The normalized spacial score (nSPS) is 15.5. The molecule has 0 aliphatic heterocycles. The second kappa shape index (κ2) is 5.12. The van der Waals surface area contributed by atoms with E-state index in [1.54, 1.807) is 0 Å². The Bertz CT molecular complexity index is 252. The molecule has 0 heterocycles. The third-order valence-electron chi connectivity index (χ3n) is 2.33. The molecule has 3 nitrogen and oxygen atoms in total. The average molecular weight is 221 g/mol. The molecule has 0 bridgehead atoms. The van der Waals surface area contributed by atoms with Crippen molar-refractivity contribution in [3.63, 3.8) is 0 Å². The first kappa shape index (κ1) is 13.9. The molecule has 1 unspecified atom stereocenters. The summed E-state index contributed by atoms with van der Waals surface area (Å²) in [6, 6.07) is 0.0269. The summed E-state index contributed by atoms with van der Waals surface area (Å²) in [6.07, 6.45) is 0.697. The van der Waals surface area contributed by atoms with Gasteiger partial charge in [-0.05, 0) is 18.9 Å². The summed E-state index contributed by atoms with van der Waals surface area (Å²) in [4.78, 5) is 0. The van der Waals surface area contributed by atoms with E-state index in [1.165, 1.54) is 0 Å². The highest BCUT2D eigenvalue weighted by molar-refractivity contribution is 7.91. The lowest BCUT2D eigenvalue weighted by Gasteiger charge is -2.30. The Labute approximate surface area is 88.2 Å². The molecule has 0 aliphatic rings. The van der Waals surface area contributed by atoms with Crippen molar-refractivity contribution in [3.8, 4) is 0 Å². The molecule has 86 valence electrons. The first-order valence-corrected chi connectivity index (χ1v) is 6.92. The molecule has 0 radical (unpaired) electrons. The number of rotatable bonds is 5. The first-order chi connectivity index (χ1) is 6.23. The highest BCUT2D eigenvalue weighted by atomic mass is 32.2. The summed E-state index contributed by atoms with van der Waals surface area (Å²) in [6.45, 7) is 8.05. The first-order valence-electron chi connectivity index (χ1n) is 5.10. The van der Waals surface area contributed by atoms with Gasteiger partial charge < -0.3 is 5.32 Å². The Kier molecular flexibility index (Phi) is 5.09. The molecule has 4 heteroatoms. The van der Waals surface area contributed by atoms with Gasteiger partial charge in [-0.15, -0.1) is 0 Å². The molecule has 0 saturated carbocycles. The summed E-state index contributed by atoms with van der Waals surface area (Å²) in [5, 5.41) is 3.08. The zero-order valence-electron chi connectivity index (χ0n) is 9.92. The van der Waals surface area contributed by atoms with Crippen molar-refractivity contribution in [1.82, 2.24) is 5.32 Å². The third kappa shape index (κ3) is 4.96. The lowest BCUT2D eigenvalue weighted by molar-refractivity contribution is 0.302. The van der Waals surface area contributed by atoms with Gasteiger partial charge in [0.15, 0.2) is 9.84 Å². The van der Waals surface area contributed by atoms with Crippen LogP contribution in [-0.4, -0.2) is 33.0 Å². The monoisotopic (exact) mass is 221 g/mol. The Morgan fingerprint density at radius 2 is 1.79 bits per heavy atom. The van der Waals surface area contributed by atoms with Gasteiger partial charge in [-0.1, -0.05) is 27.7 Å². The molecule has 0 spiro atoms. The summed E-state index contributed by atoms with van der Waals surface area (Å²) in [5.74, 6) is 0.530. The van der Waals surface area contributed by atoms with Crippen molar-refractivity contribution < 1.29 is 8.42 Å². The quantitative estimate of drug-likeness (QED) is 0.764. The Hall–Kier alpha value is -0.0900. The zero-order valence-corrected chi connectivity index (χ0v) is 10.7. The lowest BCUT2D eigenvalue weighted by atomic mass is 9.88. The topological polar surface area (TPSA) is 46.2 Å². The Morgan fingerprint density at radius 1 is 1.29 bits per heavy atom. The summed E-state index contributed by atoms with van der Waals surface area (Å²) >= 11 is 0. The van der Waals surface area contributed by atoms with Crippen LogP contribution in [0.1, 0.15) is 34.1 Å². The van der Waals surface area contributed by atoms with Crippen molar-refractivity contribution in [2.75, 3.05) is 18.6 Å². The average Bonchev–Trinajstić information content (AvgIpc) is 1.98.